The number of benzene rings is 1. The normalized spacial score (nSPS) is 17.5. The van der Waals surface area contributed by atoms with Crippen LogP contribution in [0, 0.1) is 11.8 Å². The van der Waals surface area contributed by atoms with Gasteiger partial charge < -0.3 is 0 Å². The summed E-state index contributed by atoms with van der Waals surface area (Å²) in [6.07, 6.45) is 0. The summed E-state index contributed by atoms with van der Waals surface area (Å²) in [5, 5.41) is 0. The van der Waals surface area contributed by atoms with E-state index in [1.54, 1.807) is 0 Å². The Labute approximate surface area is 104 Å². The van der Waals surface area contributed by atoms with Gasteiger partial charge in [-0.2, -0.15) is 0 Å². The Morgan fingerprint density at radius 2 is 1.65 bits per heavy atom. The molecule has 1 aromatic carbocycles. The highest BCUT2D eigenvalue weighted by Crippen LogP contribution is 2.07. The van der Waals surface area contributed by atoms with Crippen LogP contribution in [-0.2, 0) is 6.54 Å². The van der Waals surface area contributed by atoms with E-state index in [9.17, 15) is 0 Å². The van der Waals surface area contributed by atoms with E-state index in [-0.39, 0.29) is 0 Å². The first kappa shape index (κ1) is 12.2. The Morgan fingerprint density at radius 1 is 1.00 bits per heavy atom. The molecule has 0 saturated carbocycles. The van der Waals surface area contributed by atoms with Crippen molar-refractivity contribution >= 4 is 0 Å². The van der Waals surface area contributed by atoms with Crippen molar-refractivity contribution in [3.63, 3.8) is 0 Å². The predicted octanol–water partition coefficient (Wildman–Crippen LogP) is 1.83. The van der Waals surface area contributed by atoms with E-state index < -0.39 is 0 Å². The van der Waals surface area contributed by atoms with E-state index in [0.717, 1.165) is 39.3 Å². The van der Waals surface area contributed by atoms with Gasteiger partial charge >= 0.3 is 0 Å². The molecule has 0 radical (unpaired) electrons. The lowest BCUT2D eigenvalue weighted by Crippen LogP contribution is -2.45. The molecular weight excluding hydrogens is 208 g/mol. The van der Waals surface area contributed by atoms with Crippen LogP contribution in [0.3, 0.4) is 0 Å². The van der Waals surface area contributed by atoms with E-state index >= 15 is 0 Å². The molecule has 0 bridgehead atoms. The molecule has 0 amide bonds. The second-order valence-corrected chi connectivity index (χ2v) is 4.46. The van der Waals surface area contributed by atoms with Crippen LogP contribution in [0.5, 0.6) is 0 Å². The molecular formula is C15H20N2. The van der Waals surface area contributed by atoms with Crippen LogP contribution in [0.15, 0.2) is 30.3 Å². The summed E-state index contributed by atoms with van der Waals surface area (Å²) in [6, 6.07) is 10.7. The van der Waals surface area contributed by atoms with Crippen molar-refractivity contribution in [2.75, 3.05) is 32.7 Å². The molecule has 17 heavy (non-hydrogen) atoms. The zero-order valence-electron chi connectivity index (χ0n) is 10.5. The summed E-state index contributed by atoms with van der Waals surface area (Å²) in [5.74, 6) is 6.10. The number of hydrogen-bond acceptors (Lipinski definition) is 2. The van der Waals surface area contributed by atoms with Crippen LogP contribution < -0.4 is 0 Å². The Morgan fingerprint density at radius 3 is 2.29 bits per heavy atom. The fourth-order valence-electron chi connectivity index (χ4n) is 2.14. The fourth-order valence-corrected chi connectivity index (χ4v) is 2.14. The molecule has 1 saturated heterocycles. The minimum absolute atomic E-state index is 0.926. The quantitative estimate of drug-likeness (QED) is 0.728. The van der Waals surface area contributed by atoms with E-state index in [0.29, 0.717) is 0 Å². The summed E-state index contributed by atoms with van der Waals surface area (Å²) in [6.45, 7) is 8.50. The van der Waals surface area contributed by atoms with Gasteiger partial charge in [0.05, 0.1) is 6.54 Å². The molecule has 0 atom stereocenters. The van der Waals surface area contributed by atoms with Crippen LogP contribution in [0.2, 0.25) is 0 Å². The molecule has 0 spiro atoms. The number of rotatable bonds is 3. The van der Waals surface area contributed by atoms with Crippen LogP contribution in [-0.4, -0.2) is 42.5 Å². The van der Waals surface area contributed by atoms with E-state index in [2.05, 4.69) is 52.0 Å². The SMILES string of the molecule is CC#CCN1CCN(Cc2ccccc2)CC1. The highest BCUT2D eigenvalue weighted by atomic mass is 15.3. The second-order valence-electron chi connectivity index (χ2n) is 4.46. The summed E-state index contributed by atoms with van der Waals surface area (Å²) in [4.78, 5) is 4.95. The molecule has 0 unspecified atom stereocenters. The topological polar surface area (TPSA) is 6.48 Å². The van der Waals surface area contributed by atoms with E-state index in [1.165, 1.54) is 5.56 Å². The summed E-state index contributed by atoms with van der Waals surface area (Å²) in [5.41, 5.74) is 1.41. The molecule has 1 heterocycles. The lowest BCUT2D eigenvalue weighted by atomic mass is 10.2. The third kappa shape index (κ3) is 3.89. The standard InChI is InChI=1S/C15H20N2/c1-2-3-9-16-10-12-17(13-11-16)14-15-7-5-4-6-8-15/h4-8H,9-14H2,1H3. The average Bonchev–Trinajstić information content (AvgIpc) is 2.39. The van der Waals surface area contributed by atoms with Crippen LogP contribution >= 0.6 is 0 Å². The zero-order chi connectivity index (χ0) is 11.9. The smallest absolute Gasteiger partial charge is 0.0602 e. The molecule has 2 rings (SSSR count). The van der Waals surface area contributed by atoms with Gasteiger partial charge in [-0.15, -0.1) is 5.92 Å². The van der Waals surface area contributed by atoms with E-state index in [4.69, 9.17) is 0 Å². The zero-order valence-corrected chi connectivity index (χ0v) is 10.5. The van der Waals surface area contributed by atoms with Gasteiger partial charge in [-0.3, -0.25) is 9.80 Å². The van der Waals surface area contributed by atoms with Gasteiger partial charge in [0.25, 0.3) is 0 Å². The highest BCUT2D eigenvalue weighted by molar-refractivity contribution is 5.14. The van der Waals surface area contributed by atoms with Crippen LogP contribution in [0.1, 0.15) is 12.5 Å². The maximum atomic E-state index is 3.14. The maximum Gasteiger partial charge on any atom is 0.0602 e. The van der Waals surface area contributed by atoms with Crippen LogP contribution in [0.4, 0.5) is 0 Å². The van der Waals surface area contributed by atoms with Gasteiger partial charge in [-0.1, -0.05) is 36.3 Å². The third-order valence-corrected chi connectivity index (χ3v) is 3.19. The van der Waals surface area contributed by atoms with Gasteiger partial charge in [0, 0.05) is 32.7 Å². The first-order valence-electron chi connectivity index (χ1n) is 6.27. The van der Waals surface area contributed by atoms with E-state index in [1.807, 2.05) is 6.92 Å². The van der Waals surface area contributed by atoms with Gasteiger partial charge in [0.15, 0.2) is 0 Å². The molecule has 2 heteroatoms. The highest BCUT2D eigenvalue weighted by Gasteiger charge is 2.15. The first-order chi connectivity index (χ1) is 8.38. The van der Waals surface area contributed by atoms with Crippen molar-refractivity contribution in [3.05, 3.63) is 35.9 Å². The van der Waals surface area contributed by atoms with Crippen molar-refractivity contribution < 1.29 is 0 Å². The van der Waals surface area contributed by atoms with Crippen LogP contribution in [0.25, 0.3) is 0 Å². The Hall–Kier alpha value is -1.30. The van der Waals surface area contributed by atoms with Crippen molar-refractivity contribution in [1.29, 1.82) is 0 Å². The maximum absolute atomic E-state index is 3.14. The molecule has 2 nitrogen and oxygen atoms in total. The Balaban J connectivity index is 1.77. The molecule has 90 valence electrons. The van der Waals surface area contributed by atoms with Crippen molar-refractivity contribution in [1.82, 2.24) is 9.80 Å². The predicted molar refractivity (Wildman–Crippen MR) is 71.6 cm³/mol. The molecule has 0 N–H and O–H groups in total. The number of hydrogen-bond donors (Lipinski definition) is 0. The monoisotopic (exact) mass is 228 g/mol. The number of nitrogens with zero attached hydrogens (tertiary/aromatic N) is 2. The third-order valence-electron chi connectivity index (χ3n) is 3.19. The molecule has 1 aliphatic heterocycles. The first-order valence-corrected chi connectivity index (χ1v) is 6.27. The van der Waals surface area contributed by atoms with Gasteiger partial charge in [0.2, 0.25) is 0 Å². The lowest BCUT2D eigenvalue weighted by Gasteiger charge is -2.33. The molecule has 1 aliphatic rings. The van der Waals surface area contributed by atoms with Crippen molar-refractivity contribution in [2.24, 2.45) is 0 Å². The summed E-state index contributed by atoms with van der Waals surface area (Å²) >= 11 is 0. The molecule has 1 aromatic rings. The Kier molecular flexibility index (Phi) is 4.61. The second kappa shape index (κ2) is 6.44. The average molecular weight is 228 g/mol. The number of piperazine rings is 1. The summed E-state index contributed by atoms with van der Waals surface area (Å²) in [7, 11) is 0. The summed E-state index contributed by atoms with van der Waals surface area (Å²) < 4.78 is 0. The largest absolute Gasteiger partial charge is 0.297 e. The van der Waals surface area contributed by atoms with Crippen molar-refractivity contribution in [3.8, 4) is 11.8 Å². The lowest BCUT2D eigenvalue weighted by molar-refractivity contribution is 0.138. The van der Waals surface area contributed by atoms with Crippen molar-refractivity contribution in [2.45, 2.75) is 13.5 Å². The van der Waals surface area contributed by atoms with Gasteiger partial charge in [-0.25, -0.2) is 0 Å². The fraction of sp³-hybridized carbons (Fsp3) is 0.467. The minimum atomic E-state index is 0.926. The molecule has 0 aromatic heterocycles. The Bertz CT molecular complexity index is 380. The van der Waals surface area contributed by atoms with Gasteiger partial charge in [0.1, 0.15) is 0 Å². The molecule has 1 fully saturated rings. The molecule has 0 aliphatic carbocycles. The minimum Gasteiger partial charge on any atom is -0.297 e. The van der Waals surface area contributed by atoms with Gasteiger partial charge in [-0.05, 0) is 12.5 Å².